The molecule has 25 heavy (non-hydrogen) atoms. The van der Waals surface area contributed by atoms with Crippen molar-refractivity contribution in [3.63, 3.8) is 0 Å². The summed E-state index contributed by atoms with van der Waals surface area (Å²) in [4.78, 5) is 15.4. The molecular weight excluding hydrogens is 319 g/mol. The lowest BCUT2D eigenvalue weighted by Crippen LogP contribution is -2.25. The zero-order valence-electron chi connectivity index (χ0n) is 14.4. The van der Waals surface area contributed by atoms with Gasteiger partial charge >= 0.3 is 0 Å². The molecule has 130 valence electrons. The molecule has 2 N–H and O–H groups in total. The van der Waals surface area contributed by atoms with Crippen molar-refractivity contribution in [2.75, 3.05) is 13.2 Å². The lowest BCUT2D eigenvalue weighted by Gasteiger charge is -2.08. The Morgan fingerprint density at radius 1 is 1.24 bits per heavy atom. The van der Waals surface area contributed by atoms with Gasteiger partial charge < -0.3 is 15.0 Å². The first kappa shape index (κ1) is 17.0. The van der Waals surface area contributed by atoms with Crippen LogP contribution in [0.4, 0.5) is 4.39 Å². The molecule has 3 rings (SSSR count). The predicted molar refractivity (Wildman–Crippen MR) is 96.6 cm³/mol. The first-order valence-electron chi connectivity index (χ1n) is 8.37. The number of para-hydroxylation sites is 1. The fourth-order valence-electron chi connectivity index (χ4n) is 2.99. The summed E-state index contributed by atoms with van der Waals surface area (Å²) in [6.07, 6.45) is 0.631. The Balaban J connectivity index is 1.67. The highest BCUT2D eigenvalue weighted by Crippen LogP contribution is 2.24. The lowest BCUT2D eigenvalue weighted by atomic mass is 10.1. The van der Waals surface area contributed by atoms with E-state index in [-0.39, 0.29) is 11.7 Å². The number of ether oxygens (including phenoxy) is 1. The van der Waals surface area contributed by atoms with Crippen molar-refractivity contribution < 1.29 is 13.9 Å². The van der Waals surface area contributed by atoms with E-state index in [0.717, 1.165) is 16.6 Å². The number of aromatic amines is 1. The van der Waals surface area contributed by atoms with Gasteiger partial charge in [0.1, 0.15) is 11.6 Å². The van der Waals surface area contributed by atoms with Crippen molar-refractivity contribution in [1.82, 2.24) is 10.3 Å². The molecule has 0 aliphatic heterocycles. The van der Waals surface area contributed by atoms with Crippen LogP contribution < -0.4 is 10.1 Å². The van der Waals surface area contributed by atoms with Gasteiger partial charge in [0, 0.05) is 23.2 Å². The third-order valence-corrected chi connectivity index (χ3v) is 4.17. The monoisotopic (exact) mass is 340 g/mol. The number of nitrogens with one attached hydrogen (secondary N) is 2. The number of hydrogen-bond acceptors (Lipinski definition) is 2. The molecule has 0 spiro atoms. The number of H-pyrrole nitrogens is 1. The van der Waals surface area contributed by atoms with E-state index in [9.17, 15) is 9.18 Å². The number of rotatable bonds is 6. The Morgan fingerprint density at radius 3 is 2.84 bits per heavy atom. The standard InChI is InChI=1S/C20H21FN2O2/c1-3-25-15-7-4-6-14(12-15)20(24)22-11-10-16-13(2)23-19-17(16)8-5-9-18(19)21/h4-9,12,23H,3,10-11H2,1-2H3,(H,22,24). The van der Waals surface area contributed by atoms with Gasteiger partial charge in [0.15, 0.2) is 0 Å². The highest BCUT2D eigenvalue weighted by Gasteiger charge is 2.12. The second-order valence-electron chi connectivity index (χ2n) is 5.86. The zero-order chi connectivity index (χ0) is 17.8. The van der Waals surface area contributed by atoms with Gasteiger partial charge in [0.2, 0.25) is 0 Å². The molecule has 1 amide bonds. The number of halogens is 1. The van der Waals surface area contributed by atoms with Gasteiger partial charge in [-0.05, 0) is 50.1 Å². The SMILES string of the molecule is CCOc1cccc(C(=O)NCCc2c(C)[nH]c3c(F)cccc23)c1. The van der Waals surface area contributed by atoms with Crippen LogP contribution in [0.25, 0.3) is 10.9 Å². The van der Waals surface area contributed by atoms with E-state index in [1.165, 1.54) is 6.07 Å². The van der Waals surface area contributed by atoms with Gasteiger partial charge in [0.25, 0.3) is 5.91 Å². The van der Waals surface area contributed by atoms with Gasteiger partial charge in [-0.15, -0.1) is 0 Å². The third kappa shape index (κ3) is 3.65. The summed E-state index contributed by atoms with van der Waals surface area (Å²) in [5, 5.41) is 3.78. The van der Waals surface area contributed by atoms with Crippen LogP contribution >= 0.6 is 0 Å². The molecule has 1 aromatic heterocycles. The zero-order valence-corrected chi connectivity index (χ0v) is 14.4. The predicted octanol–water partition coefficient (Wildman–Crippen LogP) is 3.99. The van der Waals surface area contributed by atoms with Crippen LogP contribution in [0.15, 0.2) is 42.5 Å². The van der Waals surface area contributed by atoms with Crippen molar-refractivity contribution in [1.29, 1.82) is 0 Å². The first-order chi connectivity index (χ1) is 12.1. The minimum Gasteiger partial charge on any atom is -0.494 e. The van der Waals surface area contributed by atoms with Crippen LogP contribution in [-0.2, 0) is 6.42 Å². The van der Waals surface area contributed by atoms with E-state index in [1.54, 1.807) is 24.3 Å². The van der Waals surface area contributed by atoms with Crippen LogP contribution in [-0.4, -0.2) is 24.0 Å². The lowest BCUT2D eigenvalue weighted by molar-refractivity contribution is 0.0953. The smallest absolute Gasteiger partial charge is 0.251 e. The Hall–Kier alpha value is -2.82. The molecule has 3 aromatic rings. The van der Waals surface area contributed by atoms with Crippen LogP contribution in [0, 0.1) is 12.7 Å². The van der Waals surface area contributed by atoms with Crippen LogP contribution in [0.2, 0.25) is 0 Å². The number of carbonyl (C=O) groups is 1. The van der Waals surface area contributed by atoms with Crippen LogP contribution in [0.3, 0.4) is 0 Å². The van der Waals surface area contributed by atoms with Crippen LogP contribution in [0.1, 0.15) is 28.5 Å². The Kier molecular flexibility index (Phi) is 5.03. The van der Waals surface area contributed by atoms with Gasteiger partial charge in [-0.3, -0.25) is 4.79 Å². The maximum absolute atomic E-state index is 13.8. The molecule has 0 aliphatic carbocycles. The van der Waals surface area contributed by atoms with Gasteiger partial charge in [-0.2, -0.15) is 0 Å². The van der Waals surface area contributed by atoms with E-state index in [4.69, 9.17) is 4.74 Å². The normalized spacial score (nSPS) is 10.8. The molecular formula is C20H21FN2O2. The summed E-state index contributed by atoms with van der Waals surface area (Å²) >= 11 is 0. The highest BCUT2D eigenvalue weighted by molar-refractivity contribution is 5.94. The number of benzene rings is 2. The third-order valence-electron chi connectivity index (χ3n) is 4.17. The molecule has 0 unspecified atom stereocenters. The molecule has 0 saturated heterocycles. The maximum atomic E-state index is 13.8. The van der Waals surface area contributed by atoms with Gasteiger partial charge in [-0.25, -0.2) is 4.39 Å². The second kappa shape index (κ2) is 7.38. The second-order valence-corrected chi connectivity index (χ2v) is 5.86. The van der Waals surface area contributed by atoms with Crippen molar-refractivity contribution in [2.45, 2.75) is 20.3 Å². The first-order valence-corrected chi connectivity index (χ1v) is 8.37. The minimum absolute atomic E-state index is 0.148. The van der Waals surface area contributed by atoms with Crippen molar-refractivity contribution >= 4 is 16.8 Å². The van der Waals surface area contributed by atoms with Crippen molar-refractivity contribution in [2.24, 2.45) is 0 Å². The molecule has 0 bridgehead atoms. The topological polar surface area (TPSA) is 54.1 Å². The number of aryl methyl sites for hydroxylation is 1. The average molecular weight is 340 g/mol. The van der Waals surface area contributed by atoms with Crippen LogP contribution in [0.5, 0.6) is 5.75 Å². The van der Waals surface area contributed by atoms with E-state index >= 15 is 0 Å². The molecule has 0 fully saturated rings. The molecule has 0 atom stereocenters. The Morgan fingerprint density at radius 2 is 2.04 bits per heavy atom. The average Bonchev–Trinajstić information content (AvgIpc) is 2.93. The number of fused-ring (bicyclic) bond motifs is 1. The fraction of sp³-hybridized carbons (Fsp3) is 0.250. The molecule has 2 aromatic carbocycles. The van der Waals surface area contributed by atoms with E-state index in [1.807, 2.05) is 26.0 Å². The van der Waals surface area contributed by atoms with Gasteiger partial charge in [-0.1, -0.05) is 18.2 Å². The number of amides is 1. The van der Waals surface area contributed by atoms with Gasteiger partial charge in [0.05, 0.1) is 12.1 Å². The molecule has 0 radical (unpaired) electrons. The molecule has 4 nitrogen and oxygen atoms in total. The quantitative estimate of drug-likeness (QED) is 0.713. The van der Waals surface area contributed by atoms with E-state index < -0.39 is 0 Å². The fourth-order valence-corrected chi connectivity index (χ4v) is 2.99. The summed E-state index contributed by atoms with van der Waals surface area (Å²) in [5.74, 6) is 0.270. The minimum atomic E-state index is -0.261. The number of aromatic nitrogens is 1. The molecule has 5 heteroatoms. The van der Waals surface area contributed by atoms with E-state index in [2.05, 4.69) is 10.3 Å². The van der Waals surface area contributed by atoms with Crippen molar-refractivity contribution in [3.8, 4) is 5.75 Å². The molecule has 1 heterocycles. The summed E-state index contributed by atoms with van der Waals surface area (Å²) in [5.41, 5.74) is 3.03. The molecule has 0 saturated carbocycles. The summed E-state index contributed by atoms with van der Waals surface area (Å²) in [7, 11) is 0. The number of carbonyl (C=O) groups excluding carboxylic acids is 1. The number of hydrogen-bond donors (Lipinski definition) is 2. The summed E-state index contributed by atoms with van der Waals surface area (Å²) in [6, 6.07) is 12.1. The van der Waals surface area contributed by atoms with Crippen molar-refractivity contribution in [3.05, 3.63) is 65.1 Å². The largest absolute Gasteiger partial charge is 0.494 e. The van der Waals surface area contributed by atoms with E-state index in [0.29, 0.717) is 36.4 Å². The summed E-state index contributed by atoms with van der Waals surface area (Å²) in [6.45, 7) is 4.85. The molecule has 0 aliphatic rings. The summed E-state index contributed by atoms with van der Waals surface area (Å²) < 4.78 is 19.3. The Bertz CT molecular complexity index is 902. The Labute approximate surface area is 146 Å². The highest BCUT2D eigenvalue weighted by atomic mass is 19.1. The maximum Gasteiger partial charge on any atom is 0.251 e.